The predicted molar refractivity (Wildman–Crippen MR) is 102 cm³/mol. The molecule has 1 atom stereocenters. The number of benzene rings is 2. The van der Waals surface area contributed by atoms with Gasteiger partial charge >= 0.3 is 0 Å². The number of fused-ring (bicyclic) bond motifs is 1. The summed E-state index contributed by atoms with van der Waals surface area (Å²) in [4.78, 5) is 29.0. The van der Waals surface area contributed by atoms with Gasteiger partial charge < -0.3 is 10.6 Å². The zero-order valence-corrected chi connectivity index (χ0v) is 15.1. The molecule has 0 saturated carbocycles. The molecular formula is C20H16FN3O2S. The summed E-state index contributed by atoms with van der Waals surface area (Å²) in [5, 5.41) is 8.24. The molecule has 1 unspecified atom stereocenters. The van der Waals surface area contributed by atoms with E-state index >= 15 is 0 Å². The highest BCUT2D eigenvalue weighted by Crippen LogP contribution is 2.33. The van der Waals surface area contributed by atoms with E-state index in [1.165, 1.54) is 23.5 Å². The molecule has 0 bridgehead atoms. The Balaban J connectivity index is 1.46. The van der Waals surface area contributed by atoms with E-state index < -0.39 is 11.7 Å². The molecule has 27 heavy (non-hydrogen) atoms. The second-order valence-electron chi connectivity index (χ2n) is 6.26. The van der Waals surface area contributed by atoms with Crippen LogP contribution in [0.3, 0.4) is 0 Å². The Hall–Kier alpha value is -3.06. The molecular weight excluding hydrogens is 365 g/mol. The van der Waals surface area contributed by atoms with Crippen LogP contribution in [-0.2, 0) is 16.1 Å². The number of nitrogens with one attached hydrogen (secondary N) is 2. The van der Waals surface area contributed by atoms with Gasteiger partial charge in [-0.1, -0.05) is 36.4 Å². The van der Waals surface area contributed by atoms with Gasteiger partial charge in [-0.15, -0.1) is 11.3 Å². The van der Waals surface area contributed by atoms with Crippen LogP contribution in [-0.4, -0.2) is 16.8 Å². The van der Waals surface area contributed by atoms with E-state index in [1.54, 1.807) is 6.07 Å². The van der Waals surface area contributed by atoms with Crippen LogP contribution < -0.4 is 10.6 Å². The number of hydrogen-bond acceptors (Lipinski definition) is 4. The Bertz CT molecular complexity index is 1000. The number of thiazole rings is 1. The molecule has 2 aromatic carbocycles. The van der Waals surface area contributed by atoms with E-state index in [4.69, 9.17) is 0 Å². The molecule has 136 valence electrons. The van der Waals surface area contributed by atoms with Crippen LogP contribution in [0.1, 0.15) is 23.6 Å². The number of aromatic nitrogens is 1. The van der Waals surface area contributed by atoms with Crippen molar-refractivity contribution in [3.8, 4) is 10.6 Å². The molecule has 0 aliphatic carbocycles. The highest BCUT2D eigenvalue weighted by atomic mass is 32.1. The maximum Gasteiger partial charge on any atom is 0.228 e. The number of nitrogens with zero attached hydrogens (tertiary/aromatic N) is 1. The van der Waals surface area contributed by atoms with Crippen LogP contribution in [0.4, 0.5) is 10.1 Å². The Morgan fingerprint density at radius 1 is 1.26 bits per heavy atom. The zero-order chi connectivity index (χ0) is 18.8. The molecule has 0 saturated heterocycles. The van der Waals surface area contributed by atoms with Gasteiger partial charge in [-0.3, -0.25) is 9.59 Å². The summed E-state index contributed by atoms with van der Waals surface area (Å²) in [5.41, 5.74) is 2.76. The van der Waals surface area contributed by atoms with Crippen molar-refractivity contribution in [2.24, 2.45) is 0 Å². The smallest absolute Gasteiger partial charge is 0.228 e. The van der Waals surface area contributed by atoms with Gasteiger partial charge in [0.05, 0.1) is 18.2 Å². The minimum Gasteiger partial charge on any atom is -0.350 e. The topological polar surface area (TPSA) is 71.1 Å². The summed E-state index contributed by atoms with van der Waals surface area (Å²) < 4.78 is 13.4. The minimum absolute atomic E-state index is 0.0385. The van der Waals surface area contributed by atoms with Gasteiger partial charge in [-0.25, -0.2) is 9.37 Å². The molecule has 1 aromatic heterocycles. The summed E-state index contributed by atoms with van der Waals surface area (Å²) in [5.74, 6) is -1.66. The number of amides is 2. The van der Waals surface area contributed by atoms with E-state index in [0.29, 0.717) is 11.3 Å². The second-order valence-corrected chi connectivity index (χ2v) is 7.12. The SMILES string of the molecule is O=C1CC(C(=O)NCc2csc(-c3ccccc3)n2)c2ccc(F)cc2N1. The molecule has 1 aliphatic rings. The maximum absolute atomic E-state index is 13.4. The lowest BCUT2D eigenvalue weighted by Crippen LogP contribution is -2.34. The summed E-state index contributed by atoms with van der Waals surface area (Å²) in [6, 6.07) is 13.9. The molecule has 3 aromatic rings. The first-order chi connectivity index (χ1) is 13.1. The summed E-state index contributed by atoms with van der Waals surface area (Å²) in [6.07, 6.45) is 0.0385. The number of rotatable bonds is 4. The third-order valence-corrected chi connectivity index (χ3v) is 5.33. The Kier molecular flexibility index (Phi) is 4.68. The van der Waals surface area contributed by atoms with E-state index in [0.717, 1.165) is 16.3 Å². The molecule has 4 rings (SSSR count). The molecule has 0 radical (unpaired) electrons. The number of halogens is 1. The van der Waals surface area contributed by atoms with E-state index in [2.05, 4.69) is 15.6 Å². The van der Waals surface area contributed by atoms with Crippen molar-refractivity contribution in [3.63, 3.8) is 0 Å². The van der Waals surface area contributed by atoms with Crippen LogP contribution in [0.15, 0.2) is 53.9 Å². The predicted octanol–water partition coefficient (Wildman–Crippen LogP) is 3.69. The normalized spacial score (nSPS) is 15.7. The molecule has 0 fully saturated rings. The Labute approximate surface area is 159 Å². The number of anilines is 1. The fraction of sp³-hybridized carbons (Fsp3) is 0.150. The largest absolute Gasteiger partial charge is 0.350 e. The fourth-order valence-electron chi connectivity index (χ4n) is 3.07. The van der Waals surface area contributed by atoms with Crippen molar-refractivity contribution < 1.29 is 14.0 Å². The highest BCUT2D eigenvalue weighted by Gasteiger charge is 2.30. The van der Waals surface area contributed by atoms with Crippen molar-refractivity contribution in [1.29, 1.82) is 0 Å². The van der Waals surface area contributed by atoms with Crippen LogP contribution in [0.25, 0.3) is 10.6 Å². The molecule has 1 aliphatic heterocycles. The monoisotopic (exact) mass is 381 g/mol. The first-order valence-electron chi connectivity index (χ1n) is 8.47. The zero-order valence-electron chi connectivity index (χ0n) is 14.2. The van der Waals surface area contributed by atoms with Crippen molar-refractivity contribution in [2.45, 2.75) is 18.9 Å². The van der Waals surface area contributed by atoms with Gasteiger partial charge in [0, 0.05) is 23.1 Å². The van der Waals surface area contributed by atoms with Crippen molar-refractivity contribution in [3.05, 3.63) is 71.0 Å². The van der Waals surface area contributed by atoms with Crippen molar-refractivity contribution >= 4 is 28.8 Å². The van der Waals surface area contributed by atoms with E-state index in [1.807, 2.05) is 35.7 Å². The molecule has 0 spiro atoms. The average Bonchev–Trinajstić information content (AvgIpc) is 3.15. The number of hydrogen-bond donors (Lipinski definition) is 2. The quantitative estimate of drug-likeness (QED) is 0.724. The molecule has 2 heterocycles. The van der Waals surface area contributed by atoms with E-state index in [-0.39, 0.29) is 24.8 Å². The number of carbonyl (C=O) groups is 2. The van der Waals surface area contributed by atoms with Gasteiger partial charge in [0.1, 0.15) is 10.8 Å². The standard InChI is InChI=1S/C20H16FN3O2S/c21-13-6-7-15-16(9-18(25)24-17(15)8-13)19(26)22-10-14-11-27-20(23-14)12-4-2-1-3-5-12/h1-8,11,16H,9-10H2,(H,22,26)(H,24,25). The van der Waals surface area contributed by atoms with Crippen LogP contribution in [0.5, 0.6) is 0 Å². The van der Waals surface area contributed by atoms with Crippen molar-refractivity contribution in [2.75, 3.05) is 5.32 Å². The molecule has 7 heteroatoms. The molecule has 2 amide bonds. The van der Waals surface area contributed by atoms with Gasteiger partial charge in [-0.2, -0.15) is 0 Å². The lowest BCUT2D eigenvalue weighted by Gasteiger charge is -2.24. The van der Waals surface area contributed by atoms with E-state index in [9.17, 15) is 14.0 Å². The molecule has 5 nitrogen and oxygen atoms in total. The van der Waals surface area contributed by atoms with Gasteiger partial charge in [-0.05, 0) is 17.7 Å². The van der Waals surface area contributed by atoms with Gasteiger partial charge in [0.15, 0.2) is 0 Å². The summed E-state index contributed by atoms with van der Waals surface area (Å²) in [7, 11) is 0. The lowest BCUT2D eigenvalue weighted by atomic mass is 9.89. The van der Waals surface area contributed by atoms with Gasteiger partial charge in [0.25, 0.3) is 0 Å². The summed E-state index contributed by atoms with van der Waals surface area (Å²) >= 11 is 1.51. The Morgan fingerprint density at radius 2 is 2.07 bits per heavy atom. The first kappa shape index (κ1) is 17.4. The van der Waals surface area contributed by atoms with Crippen LogP contribution >= 0.6 is 11.3 Å². The third kappa shape index (κ3) is 3.73. The second kappa shape index (κ2) is 7.28. The van der Waals surface area contributed by atoms with Crippen molar-refractivity contribution in [1.82, 2.24) is 10.3 Å². The van der Waals surface area contributed by atoms with Gasteiger partial charge in [0.2, 0.25) is 11.8 Å². The molecule has 2 N–H and O–H groups in total. The lowest BCUT2D eigenvalue weighted by molar-refractivity contribution is -0.126. The third-order valence-electron chi connectivity index (χ3n) is 4.39. The fourth-order valence-corrected chi connectivity index (χ4v) is 3.90. The van der Waals surface area contributed by atoms with Crippen LogP contribution in [0.2, 0.25) is 0 Å². The summed E-state index contributed by atoms with van der Waals surface area (Å²) in [6.45, 7) is 0.275. The first-order valence-corrected chi connectivity index (χ1v) is 9.35. The number of carbonyl (C=O) groups excluding carboxylic acids is 2. The average molecular weight is 381 g/mol. The van der Waals surface area contributed by atoms with Crippen LogP contribution in [0, 0.1) is 5.82 Å². The minimum atomic E-state index is -0.637. The Morgan fingerprint density at radius 3 is 2.89 bits per heavy atom. The maximum atomic E-state index is 13.4. The highest BCUT2D eigenvalue weighted by molar-refractivity contribution is 7.13.